The van der Waals surface area contributed by atoms with Crippen LogP contribution in [0, 0.1) is 5.82 Å². The highest BCUT2D eigenvalue weighted by molar-refractivity contribution is 9.08. The van der Waals surface area contributed by atoms with E-state index in [4.69, 9.17) is 34.8 Å². The molecule has 0 unspecified atom stereocenters. The Bertz CT molecular complexity index is 576. The summed E-state index contributed by atoms with van der Waals surface area (Å²) in [5, 5.41) is 1.81. The maximum atomic E-state index is 13.5. The van der Waals surface area contributed by atoms with Crippen molar-refractivity contribution in [3.05, 3.63) is 56.8 Å². The van der Waals surface area contributed by atoms with Crippen molar-refractivity contribution in [1.82, 2.24) is 0 Å². The third-order valence-electron chi connectivity index (χ3n) is 2.41. The van der Waals surface area contributed by atoms with Crippen molar-refractivity contribution < 1.29 is 4.39 Å². The molecule has 2 rings (SSSR count). The molecule has 0 fully saturated rings. The SMILES string of the molecule is Fc1cc(CBr)cc(-c2c(Cl)cc(Cl)cc2Cl)c1. The fourth-order valence-electron chi connectivity index (χ4n) is 1.69. The maximum absolute atomic E-state index is 13.5. The largest absolute Gasteiger partial charge is 0.207 e. The van der Waals surface area contributed by atoms with Crippen LogP contribution in [0.1, 0.15) is 5.56 Å². The van der Waals surface area contributed by atoms with Gasteiger partial charge in [0.25, 0.3) is 0 Å². The first-order chi connectivity index (χ1) is 8.51. The summed E-state index contributed by atoms with van der Waals surface area (Å²) in [5.74, 6) is -0.330. The molecule has 0 aliphatic rings. The lowest BCUT2D eigenvalue weighted by Crippen LogP contribution is -1.88. The van der Waals surface area contributed by atoms with Gasteiger partial charge in [-0.2, -0.15) is 0 Å². The molecule has 0 spiro atoms. The Morgan fingerprint density at radius 1 is 0.944 bits per heavy atom. The highest BCUT2D eigenvalue weighted by Gasteiger charge is 2.12. The van der Waals surface area contributed by atoms with E-state index < -0.39 is 0 Å². The highest BCUT2D eigenvalue weighted by atomic mass is 79.9. The smallest absolute Gasteiger partial charge is 0.124 e. The Kier molecular flexibility index (Phi) is 4.54. The first kappa shape index (κ1) is 14.1. The van der Waals surface area contributed by atoms with Crippen molar-refractivity contribution >= 4 is 50.7 Å². The molecule has 0 aromatic heterocycles. The number of alkyl halides is 1. The molecule has 18 heavy (non-hydrogen) atoms. The fourth-order valence-corrected chi connectivity index (χ4v) is 3.05. The monoisotopic (exact) mass is 366 g/mol. The van der Waals surface area contributed by atoms with E-state index in [-0.39, 0.29) is 5.82 Å². The van der Waals surface area contributed by atoms with Gasteiger partial charge in [-0.15, -0.1) is 0 Å². The van der Waals surface area contributed by atoms with Gasteiger partial charge in [0.15, 0.2) is 0 Å². The molecule has 0 heterocycles. The predicted molar refractivity (Wildman–Crippen MR) is 79.5 cm³/mol. The molecule has 5 heteroatoms. The summed E-state index contributed by atoms with van der Waals surface area (Å²) in [6.07, 6.45) is 0. The molecule has 0 radical (unpaired) electrons. The lowest BCUT2D eigenvalue weighted by atomic mass is 10.0. The second kappa shape index (κ2) is 5.79. The van der Waals surface area contributed by atoms with E-state index in [1.165, 1.54) is 12.1 Å². The number of hydrogen-bond acceptors (Lipinski definition) is 0. The van der Waals surface area contributed by atoms with Gasteiger partial charge in [-0.1, -0.05) is 50.7 Å². The van der Waals surface area contributed by atoms with Crippen LogP contribution in [0.3, 0.4) is 0 Å². The number of rotatable bonds is 2. The Morgan fingerprint density at radius 2 is 1.56 bits per heavy atom. The van der Waals surface area contributed by atoms with Gasteiger partial charge in [-0.25, -0.2) is 4.39 Å². The molecule has 94 valence electrons. The van der Waals surface area contributed by atoms with E-state index in [9.17, 15) is 4.39 Å². The van der Waals surface area contributed by atoms with Crippen LogP contribution in [0.2, 0.25) is 15.1 Å². The van der Waals surface area contributed by atoms with Gasteiger partial charge < -0.3 is 0 Å². The second-order valence-corrected chi connectivity index (χ2v) is 5.54. The summed E-state index contributed by atoms with van der Waals surface area (Å²) >= 11 is 21.4. The molecule has 0 amide bonds. The van der Waals surface area contributed by atoms with Crippen molar-refractivity contribution in [3.63, 3.8) is 0 Å². The molecule has 0 N–H and O–H groups in total. The standard InChI is InChI=1S/C13H7BrCl3F/c14-6-7-1-8(3-10(18)2-7)13-11(16)4-9(15)5-12(13)17/h1-5H,6H2. The molecule has 0 nitrogen and oxygen atoms in total. The molecular formula is C13H7BrCl3F. The van der Waals surface area contributed by atoms with Crippen molar-refractivity contribution in [3.8, 4) is 11.1 Å². The van der Waals surface area contributed by atoms with E-state index in [1.807, 2.05) is 6.07 Å². The van der Waals surface area contributed by atoms with Crippen molar-refractivity contribution in [2.75, 3.05) is 0 Å². The summed E-state index contributed by atoms with van der Waals surface area (Å²) < 4.78 is 13.5. The van der Waals surface area contributed by atoms with E-state index in [0.29, 0.717) is 31.5 Å². The third kappa shape index (κ3) is 3.00. The molecule has 0 bridgehead atoms. The van der Waals surface area contributed by atoms with Gasteiger partial charge in [0.1, 0.15) is 5.82 Å². The van der Waals surface area contributed by atoms with Crippen LogP contribution >= 0.6 is 50.7 Å². The zero-order valence-electron chi connectivity index (χ0n) is 8.98. The lowest BCUT2D eigenvalue weighted by Gasteiger charge is -2.09. The minimum atomic E-state index is -0.330. The average molecular weight is 368 g/mol. The van der Waals surface area contributed by atoms with Gasteiger partial charge in [0, 0.05) is 15.9 Å². The van der Waals surface area contributed by atoms with E-state index >= 15 is 0 Å². The highest BCUT2D eigenvalue weighted by Crippen LogP contribution is 2.37. The van der Waals surface area contributed by atoms with Crippen molar-refractivity contribution in [2.24, 2.45) is 0 Å². The van der Waals surface area contributed by atoms with Crippen LogP contribution in [0.5, 0.6) is 0 Å². The number of benzene rings is 2. The minimum absolute atomic E-state index is 0.330. The van der Waals surface area contributed by atoms with Gasteiger partial charge in [-0.05, 0) is 41.5 Å². The number of halogens is 5. The predicted octanol–water partition coefficient (Wildman–Crippen LogP) is 6.35. The first-order valence-corrected chi connectivity index (χ1v) is 7.27. The van der Waals surface area contributed by atoms with E-state index in [1.54, 1.807) is 12.1 Å². The van der Waals surface area contributed by atoms with Crippen LogP contribution in [0.25, 0.3) is 11.1 Å². The van der Waals surface area contributed by atoms with E-state index in [2.05, 4.69) is 15.9 Å². The quantitative estimate of drug-likeness (QED) is 0.542. The molecule has 2 aromatic rings. The normalized spacial score (nSPS) is 10.7. The molecule has 2 aromatic carbocycles. The lowest BCUT2D eigenvalue weighted by molar-refractivity contribution is 0.627. The Hall–Kier alpha value is -0.280. The summed E-state index contributed by atoms with van der Waals surface area (Å²) in [6, 6.07) is 7.86. The molecule has 0 saturated heterocycles. The average Bonchev–Trinajstić information content (AvgIpc) is 2.26. The van der Waals surface area contributed by atoms with Crippen molar-refractivity contribution in [2.45, 2.75) is 5.33 Å². The zero-order valence-corrected chi connectivity index (χ0v) is 12.8. The minimum Gasteiger partial charge on any atom is -0.207 e. The Balaban J connectivity index is 2.65. The van der Waals surface area contributed by atoms with Crippen LogP contribution in [0.4, 0.5) is 4.39 Å². The van der Waals surface area contributed by atoms with Crippen molar-refractivity contribution in [1.29, 1.82) is 0 Å². The maximum Gasteiger partial charge on any atom is 0.124 e. The Labute approximate surface area is 128 Å². The van der Waals surface area contributed by atoms with Crippen LogP contribution in [-0.4, -0.2) is 0 Å². The summed E-state index contributed by atoms with van der Waals surface area (Å²) in [7, 11) is 0. The van der Waals surface area contributed by atoms with Gasteiger partial charge in [-0.3, -0.25) is 0 Å². The molecule has 0 atom stereocenters. The molecule has 0 aliphatic heterocycles. The topological polar surface area (TPSA) is 0 Å². The zero-order chi connectivity index (χ0) is 13.3. The third-order valence-corrected chi connectivity index (χ3v) is 3.87. The summed E-state index contributed by atoms with van der Waals surface area (Å²) in [4.78, 5) is 0. The van der Waals surface area contributed by atoms with Gasteiger partial charge >= 0.3 is 0 Å². The van der Waals surface area contributed by atoms with Crippen LogP contribution in [-0.2, 0) is 5.33 Å². The van der Waals surface area contributed by atoms with Crippen LogP contribution in [0.15, 0.2) is 30.3 Å². The summed E-state index contributed by atoms with van der Waals surface area (Å²) in [6.45, 7) is 0. The molecule has 0 aliphatic carbocycles. The molecule has 0 saturated carbocycles. The van der Waals surface area contributed by atoms with E-state index in [0.717, 1.165) is 5.56 Å². The number of hydrogen-bond donors (Lipinski definition) is 0. The molecular weight excluding hydrogens is 361 g/mol. The van der Waals surface area contributed by atoms with Crippen LogP contribution < -0.4 is 0 Å². The first-order valence-electron chi connectivity index (χ1n) is 5.01. The second-order valence-electron chi connectivity index (χ2n) is 3.73. The van der Waals surface area contributed by atoms with Gasteiger partial charge in [0.05, 0.1) is 10.0 Å². The Morgan fingerprint density at radius 3 is 2.11 bits per heavy atom. The summed E-state index contributed by atoms with van der Waals surface area (Å²) in [5.41, 5.74) is 2.03. The van der Waals surface area contributed by atoms with Gasteiger partial charge in [0.2, 0.25) is 0 Å². The fraction of sp³-hybridized carbons (Fsp3) is 0.0769.